The van der Waals surface area contributed by atoms with E-state index in [-0.39, 0.29) is 11.6 Å². The normalized spacial score (nSPS) is 29.1. The number of aromatic nitrogens is 1. The van der Waals surface area contributed by atoms with Crippen LogP contribution in [-0.2, 0) is 4.74 Å². The standard InChI is InChI=1S/C11H18N4O/c1-8-11(2,6-7-16-8)14-9-4-3-5-10(13-9)15-12/h3-5,8H,6-7,12H2,1-2H3,(H2,13,14,15). The molecule has 1 aliphatic heterocycles. The van der Waals surface area contributed by atoms with E-state index < -0.39 is 0 Å². The van der Waals surface area contributed by atoms with Crippen molar-refractivity contribution in [2.45, 2.75) is 31.9 Å². The summed E-state index contributed by atoms with van der Waals surface area (Å²) in [5.41, 5.74) is 2.48. The number of pyridine rings is 1. The molecule has 5 heteroatoms. The minimum Gasteiger partial charge on any atom is -0.376 e. The Balaban J connectivity index is 2.13. The lowest BCUT2D eigenvalue weighted by molar-refractivity contribution is 0.105. The Labute approximate surface area is 95.4 Å². The van der Waals surface area contributed by atoms with Gasteiger partial charge in [-0.3, -0.25) is 0 Å². The first-order chi connectivity index (χ1) is 7.64. The van der Waals surface area contributed by atoms with Crippen LogP contribution in [0.4, 0.5) is 11.6 Å². The highest BCUT2D eigenvalue weighted by Crippen LogP contribution is 2.28. The van der Waals surface area contributed by atoms with Crippen molar-refractivity contribution in [2.24, 2.45) is 5.84 Å². The van der Waals surface area contributed by atoms with Crippen LogP contribution in [0.15, 0.2) is 18.2 Å². The predicted molar refractivity (Wildman–Crippen MR) is 64.1 cm³/mol. The Kier molecular flexibility index (Phi) is 2.98. The molecule has 5 nitrogen and oxygen atoms in total. The van der Waals surface area contributed by atoms with Gasteiger partial charge >= 0.3 is 0 Å². The van der Waals surface area contributed by atoms with Gasteiger partial charge in [-0.05, 0) is 32.4 Å². The van der Waals surface area contributed by atoms with Gasteiger partial charge in [0.15, 0.2) is 0 Å². The summed E-state index contributed by atoms with van der Waals surface area (Å²) in [4.78, 5) is 4.33. The van der Waals surface area contributed by atoms with Gasteiger partial charge < -0.3 is 15.5 Å². The average Bonchev–Trinajstić information content (AvgIpc) is 2.59. The first-order valence-electron chi connectivity index (χ1n) is 5.47. The Hall–Kier alpha value is -1.33. The number of hydrazine groups is 1. The first kappa shape index (κ1) is 11.2. The van der Waals surface area contributed by atoms with Crippen molar-refractivity contribution in [2.75, 3.05) is 17.3 Å². The molecule has 16 heavy (non-hydrogen) atoms. The summed E-state index contributed by atoms with van der Waals surface area (Å²) in [6.45, 7) is 5.01. The fourth-order valence-corrected chi connectivity index (χ4v) is 1.88. The lowest BCUT2D eigenvalue weighted by Gasteiger charge is -2.29. The molecule has 88 valence electrons. The lowest BCUT2D eigenvalue weighted by Crippen LogP contribution is -2.41. The molecule has 1 aromatic rings. The van der Waals surface area contributed by atoms with Gasteiger partial charge in [0.05, 0.1) is 11.6 Å². The van der Waals surface area contributed by atoms with Crippen molar-refractivity contribution in [3.05, 3.63) is 18.2 Å². The molecule has 0 aromatic carbocycles. The van der Waals surface area contributed by atoms with Gasteiger partial charge in [0.2, 0.25) is 0 Å². The molecule has 4 N–H and O–H groups in total. The van der Waals surface area contributed by atoms with E-state index in [1.807, 2.05) is 18.2 Å². The van der Waals surface area contributed by atoms with Gasteiger partial charge in [0, 0.05) is 6.61 Å². The summed E-state index contributed by atoms with van der Waals surface area (Å²) in [6.07, 6.45) is 1.17. The first-order valence-corrected chi connectivity index (χ1v) is 5.47. The fourth-order valence-electron chi connectivity index (χ4n) is 1.88. The van der Waals surface area contributed by atoms with E-state index in [1.165, 1.54) is 0 Å². The minimum absolute atomic E-state index is 0.0553. The second-order valence-corrected chi connectivity index (χ2v) is 4.36. The molecule has 1 fully saturated rings. The molecule has 2 atom stereocenters. The molecule has 0 spiro atoms. The van der Waals surface area contributed by atoms with E-state index in [4.69, 9.17) is 10.6 Å². The number of nitrogen functional groups attached to an aromatic ring is 1. The third kappa shape index (κ3) is 2.10. The Morgan fingerprint density at radius 2 is 2.25 bits per heavy atom. The molecular weight excluding hydrogens is 204 g/mol. The number of anilines is 2. The molecule has 2 heterocycles. The average molecular weight is 222 g/mol. The molecule has 1 aliphatic rings. The van der Waals surface area contributed by atoms with Crippen LogP contribution in [0.3, 0.4) is 0 Å². The number of hydrogen-bond acceptors (Lipinski definition) is 5. The minimum atomic E-state index is -0.0553. The van der Waals surface area contributed by atoms with Gasteiger partial charge in [-0.2, -0.15) is 0 Å². The summed E-state index contributed by atoms with van der Waals surface area (Å²) in [7, 11) is 0. The van der Waals surface area contributed by atoms with Crippen LogP contribution in [0.1, 0.15) is 20.3 Å². The number of hydrogen-bond donors (Lipinski definition) is 3. The van der Waals surface area contributed by atoms with Gasteiger partial charge in [0.25, 0.3) is 0 Å². The van der Waals surface area contributed by atoms with Crippen molar-refractivity contribution >= 4 is 11.6 Å². The molecule has 0 aliphatic carbocycles. The van der Waals surface area contributed by atoms with Crippen LogP contribution < -0.4 is 16.6 Å². The topological polar surface area (TPSA) is 72.2 Å². The van der Waals surface area contributed by atoms with Gasteiger partial charge in [-0.25, -0.2) is 10.8 Å². The van der Waals surface area contributed by atoms with E-state index in [1.54, 1.807) is 0 Å². The van der Waals surface area contributed by atoms with Crippen molar-refractivity contribution in [3.8, 4) is 0 Å². The highest BCUT2D eigenvalue weighted by Gasteiger charge is 2.37. The van der Waals surface area contributed by atoms with Gasteiger partial charge in [0.1, 0.15) is 11.6 Å². The van der Waals surface area contributed by atoms with Crippen LogP contribution in [0.5, 0.6) is 0 Å². The molecule has 0 saturated carbocycles. The maximum Gasteiger partial charge on any atom is 0.142 e. The SMILES string of the molecule is CC1OCCC1(C)Nc1cccc(NN)n1. The fraction of sp³-hybridized carbons (Fsp3) is 0.545. The highest BCUT2D eigenvalue weighted by molar-refractivity contribution is 5.46. The number of ether oxygens (including phenoxy) is 1. The van der Waals surface area contributed by atoms with Crippen molar-refractivity contribution < 1.29 is 4.74 Å². The van der Waals surface area contributed by atoms with E-state index >= 15 is 0 Å². The van der Waals surface area contributed by atoms with Crippen molar-refractivity contribution in [1.29, 1.82) is 0 Å². The molecule has 0 amide bonds. The second kappa shape index (κ2) is 4.27. The van der Waals surface area contributed by atoms with Crippen LogP contribution in [0, 0.1) is 0 Å². The third-order valence-corrected chi connectivity index (χ3v) is 3.20. The van der Waals surface area contributed by atoms with E-state index in [0.717, 1.165) is 18.8 Å². The van der Waals surface area contributed by atoms with Crippen LogP contribution in [0.25, 0.3) is 0 Å². The molecule has 1 saturated heterocycles. The summed E-state index contributed by atoms with van der Waals surface area (Å²) >= 11 is 0. The summed E-state index contributed by atoms with van der Waals surface area (Å²) in [5.74, 6) is 6.79. The maximum atomic E-state index is 5.57. The zero-order valence-electron chi connectivity index (χ0n) is 9.66. The number of nitrogens with zero attached hydrogens (tertiary/aromatic N) is 1. The Bertz CT molecular complexity index is 371. The molecule has 2 rings (SSSR count). The molecule has 2 unspecified atom stereocenters. The Morgan fingerprint density at radius 3 is 2.88 bits per heavy atom. The van der Waals surface area contributed by atoms with Crippen LogP contribution in [-0.4, -0.2) is 23.2 Å². The summed E-state index contributed by atoms with van der Waals surface area (Å²) in [6, 6.07) is 5.66. The van der Waals surface area contributed by atoms with Crippen LogP contribution in [0.2, 0.25) is 0 Å². The Morgan fingerprint density at radius 1 is 1.50 bits per heavy atom. The number of rotatable bonds is 3. The molecule has 0 bridgehead atoms. The van der Waals surface area contributed by atoms with Crippen molar-refractivity contribution in [1.82, 2.24) is 4.98 Å². The zero-order chi connectivity index (χ0) is 11.6. The van der Waals surface area contributed by atoms with E-state index in [0.29, 0.717) is 5.82 Å². The van der Waals surface area contributed by atoms with E-state index in [2.05, 4.69) is 29.6 Å². The van der Waals surface area contributed by atoms with E-state index in [9.17, 15) is 0 Å². The molecule has 0 radical (unpaired) electrons. The van der Waals surface area contributed by atoms with Gasteiger partial charge in [-0.15, -0.1) is 0 Å². The number of nitrogens with one attached hydrogen (secondary N) is 2. The van der Waals surface area contributed by atoms with Crippen molar-refractivity contribution in [3.63, 3.8) is 0 Å². The van der Waals surface area contributed by atoms with Gasteiger partial charge in [-0.1, -0.05) is 6.07 Å². The molecular formula is C11H18N4O. The number of nitrogens with two attached hydrogens (primary N) is 1. The van der Waals surface area contributed by atoms with Crippen LogP contribution >= 0.6 is 0 Å². The zero-order valence-corrected chi connectivity index (χ0v) is 9.66. The third-order valence-electron chi connectivity index (χ3n) is 3.20. The largest absolute Gasteiger partial charge is 0.376 e. The predicted octanol–water partition coefficient (Wildman–Crippen LogP) is 1.35. The second-order valence-electron chi connectivity index (χ2n) is 4.36. The molecule has 1 aromatic heterocycles. The monoisotopic (exact) mass is 222 g/mol. The highest BCUT2D eigenvalue weighted by atomic mass is 16.5. The summed E-state index contributed by atoms with van der Waals surface area (Å²) < 4.78 is 5.57. The lowest BCUT2D eigenvalue weighted by atomic mass is 9.95. The smallest absolute Gasteiger partial charge is 0.142 e. The quantitative estimate of drug-likeness (QED) is 0.532. The summed E-state index contributed by atoms with van der Waals surface area (Å²) in [5, 5.41) is 3.41. The maximum absolute atomic E-state index is 5.57.